The van der Waals surface area contributed by atoms with Gasteiger partial charge in [-0.1, -0.05) is 36.5 Å². The second-order valence-corrected chi connectivity index (χ2v) is 7.46. The van der Waals surface area contributed by atoms with Crippen molar-refractivity contribution in [3.05, 3.63) is 62.9 Å². The molecule has 0 unspecified atom stereocenters. The van der Waals surface area contributed by atoms with Crippen molar-refractivity contribution in [3.63, 3.8) is 0 Å². The fraction of sp³-hybridized carbons (Fsp3) is 0.211. The van der Waals surface area contributed by atoms with Gasteiger partial charge in [0.25, 0.3) is 5.91 Å². The first-order chi connectivity index (χ1) is 12.5. The van der Waals surface area contributed by atoms with Crippen LogP contribution in [0.5, 0.6) is 0 Å². The van der Waals surface area contributed by atoms with Crippen molar-refractivity contribution in [1.82, 2.24) is 4.57 Å². The van der Waals surface area contributed by atoms with Crippen LogP contribution in [0, 0.1) is 0 Å². The molecule has 0 radical (unpaired) electrons. The van der Waals surface area contributed by atoms with Crippen molar-refractivity contribution in [2.24, 2.45) is 4.99 Å². The van der Waals surface area contributed by atoms with Crippen molar-refractivity contribution in [2.45, 2.75) is 19.9 Å². The first-order valence-electron chi connectivity index (χ1n) is 8.06. The van der Waals surface area contributed by atoms with Crippen molar-refractivity contribution in [3.8, 4) is 0 Å². The number of aryl methyl sites for hydroxylation is 1. The predicted octanol–water partition coefficient (Wildman–Crippen LogP) is 3.94. The second kappa shape index (κ2) is 7.97. The number of methoxy groups -OCH3 is 1. The van der Waals surface area contributed by atoms with Crippen LogP contribution in [-0.2, 0) is 22.5 Å². The maximum Gasteiger partial charge on any atom is 0.325 e. The van der Waals surface area contributed by atoms with E-state index in [1.165, 1.54) is 24.0 Å². The molecule has 1 heterocycles. The summed E-state index contributed by atoms with van der Waals surface area (Å²) >= 11 is 4.76. The maximum atomic E-state index is 12.6. The normalized spacial score (nSPS) is 11.7. The van der Waals surface area contributed by atoms with Crippen LogP contribution < -0.4 is 4.80 Å². The highest BCUT2D eigenvalue weighted by atomic mass is 79.9. The number of amides is 1. The van der Waals surface area contributed by atoms with Gasteiger partial charge in [0.1, 0.15) is 6.54 Å². The molecule has 0 aliphatic heterocycles. The predicted molar refractivity (Wildman–Crippen MR) is 105 cm³/mol. The van der Waals surface area contributed by atoms with Gasteiger partial charge in [-0.25, -0.2) is 0 Å². The van der Waals surface area contributed by atoms with E-state index in [0.29, 0.717) is 14.8 Å². The van der Waals surface area contributed by atoms with Crippen LogP contribution in [0.3, 0.4) is 0 Å². The summed E-state index contributed by atoms with van der Waals surface area (Å²) in [7, 11) is 1.34. The molecule has 0 bridgehead atoms. The van der Waals surface area contributed by atoms with Crippen molar-refractivity contribution < 1.29 is 14.3 Å². The molecule has 0 atom stereocenters. The number of aromatic nitrogens is 1. The van der Waals surface area contributed by atoms with Crippen LogP contribution in [0.15, 0.2) is 51.9 Å². The lowest BCUT2D eigenvalue weighted by atomic mass is 10.2. The minimum absolute atomic E-state index is 0.00401. The molecule has 0 aliphatic carbocycles. The van der Waals surface area contributed by atoms with Crippen LogP contribution >= 0.6 is 27.3 Å². The molecule has 7 heteroatoms. The van der Waals surface area contributed by atoms with E-state index in [2.05, 4.69) is 33.9 Å². The summed E-state index contributed by atoms with van der Waals surface area (Å²) in [6.45, 7) is 2.09. The Bertz CT molecular complexity index is 1050. The summed E-state index contributed by atoms with van der Waals surface area (Å²) in [4.78, 5) is 29.2. The summed E-state index contributed by atoms with van der Waals surface area (Å²) in [5.74, 6) is -0.752. The van der Waals surface area contributed by atoms with Crippen LogP contribution in [-0.4, -0.2) is 23.6 Å². The highest BCUT2D eigenvalue weighted by molar-refractivity contribution is 9.10. The molecule has 5 nitrogen and oxygen atoms in total. The van der Waals surface area contributed by atoms with E-state index < -0.39 is 0 Å². The average molecular weight is 433 g/mol. The van der Waals surface area contributed by atoms with Crippen LogP contribution in [0.2, 0.25) is 0 Å². The van der Waals surface area contributed by atoms with Gasteiger partial charge in [-0.3, -0.25) is 9.59 Å². The summed E-state index contributed by atoms with van der Waals surface area (Å²) < 4.78 is 8.18. The Labute approximate surface area is 163 Å². The number of carbonyl (C=O) groups excluding carboxylic acids is 2. The van der Waals surface area contributed by atoms with Gasteiger partial charge in [0.15, 0.2) is 4.80 Å². The van der Waals surface area contributed by atoms with E-state index in [1.54, 1.807) is 22.8 Å². The molecule has 0 N–H and O–H groups in total. The zero-order valence-electron chi connectivity index (χ0n) is 14.4. The van der Waals surface area contributed by atoms with Gasteiger partial charge >= 0.3 is 5.97 Å². The van der Waals surface area contributed by atoms with E-state index in [-0.39, 0.29) is 18.4 Å². The van der Waals surface area contributed by atoms with Crippen LogP contribution in [0.4, 0.5) is 0 Å². The standard InChI is InChI=1S/C19H17BrN2O3S/c1-3-12-8-9-15-16(10-12)26-19(22(15)11-17(23)25-2)21-18(24)13-6-4-5-7-14(13)20/h4-10H,3,11H2,1-2H3. The number of nitrogens with zero attached hydrogens (tertiary/aromatic N) is 2. The largest absolute Gasteiger partial charge is 0.468 e. The molecule has 0 spiro atoms. The zero-order chi connectivity index (χ0) is 18.7. The third-order valence-electron chi connectivity index (χ3n) is 3.97. The van der Waals surface area contributed by atoms with E-state index in [4.69, 9.17) is 4.74 Å². The molecule has 2 aromatic carbocycles. The first kappa shape index (κ1) is 18.5. The number of benzene rings is 2. The maximum absolute atomic E-state index is 12.6. The Morgan fingerprint density at radius 3 is 2.69 bits per heavy atom. The number of fused-ring (bicyclic) bond motifs is 1. The van der Waals surface area contributed by atoms with E-state index in [1.807, 2.05) is 18.2 Å². The monoisotopic (exact) mass is 432 g/mol. The molecular formula is C19H17BrN2O3S. The van der Waals surface area contributed by atoms with Crippen molar-refractivity contribution in [2.75, 3.05) is 7.11 Å². The fourth-order valence-corrected chi connectivity index (χ4v) is 4.10. The van der Waals surface area contributed by atoms with Crippen LogP contribution in [0.25, 0.3) is 10.2 Å². The second-order valence-electron chi connectivity index (χ2n) is 5.60. The number of rotatable bonds is 4. The minimum Gasteiger partial charge on any atom is -0.468 e. The molecule has 0 fully saturated rings. The molecule has 1 amide bonds. The van der Waals surface area contributed by atoms with Gasteiger partial charge < -0.3 is 9.30 Å². The Morgan fingerprint density at radius 1 is 1.23 bits per heavy atom. The number of carbonyl (C=O) groups is 2. The highest BCUT2D eigenvalue weighted by Crippen LogP contribution is 2.21. The van der Waals surface area contributed by atoms with Gasteiger partial charge in [0.05, 0.1) is 22.9 Å². The molecule has 3 aromatic rings. The third-order valence-corrected chi connectivity index (χ3v) is 5.70. The lowest BCUT2D eigenvalue weighted by Gasteiger charge is -2.04. The van der Waals surface area contributed by atoms with Crippen LogP contribution in [0.1, 0.15) is 22.8 Å². The SMILES string of the molecule is CCc1ccc2c(c1)sc(=NC(=O)c1ccccc1Br)n2CC(=O)OC. The topological polar surface area (TPSA) is 60.7 Å². The van der Waals surface area contributed by atoms with Gasteiger partial charge in [-0.05, 0) is 52.2 Å². The molecule has 0 saturated carbocycles. The molecular weight excluding hydrogens is 416 g/mol. The van der Waals surface area contributed by atoms with Gasteiger partial charge in [0.2, 0.25) is 0 Å². The Hall–Kier alpha value is -2.25. The third kappa shape index (κ3) is 3.78. The quantitative estimate of drug-likeness (QED) is 0.586. The lowest BCUT2D eigenvalue weighted by Crippen LogP contribution is -2.22. The number of halogens is 1. The minimum atomic E-state index is -0.390. The molecule has 0 saturated heterocycles. The molecule has 3 rings (SSSR count). The number of hydrogen-bond donors (Lipinski definition) is 0. The fourth-order valence-electron chi connectivity index (χ4n) is 2.55. The average Bonchev–Trinajstić information content (AvgIpc) is 2.97. The lowest BCUT2D eigenvalue weighted by molar-refractivity contribution is -0.141. The Morgan fingerprint density at radius 2 is 2.00 bits per heavy atom. The molecule has 0 aliphatic rings. The number of ether oxygens (including phenoxy) is 1. The molecule has 26 heavy (non-hydrogen) atoms. The summed E-state index contributed by atoms with van der Waals surface area (Å²) in [5, 5.41) is 0. The Balaban J connectivity index is 2.16. The number of thiazole rings is 1. The van der Waals surface area contributed by atoms with Gasteiger partial charge in [0, 0.05) is 4.47 Å². The van der Waals surface area contributed by atoms with E-state index >= 15 is 0 Å². The van der Waals surface area contributed by atoms with E-state index in [0.717, 1.165) is 16.6 Å². The Kier molecular flexibility index (Phi) is 5.68. The van der Waals surface area contributed by atoms with Gasteiger partial charge in [-0.15, -0.1) is 0 Å². The smallest absolute Gasteiger partial charge is 0.325 e. The number of hydrogen-bond acceptors (Lipinski definition) is 4. The molecule has 134 valence electrons. The van der Waals surface area contributed by atoms with Gasteiger partial charge in [-0.2, -0.15) is 4.99 Å². The first-order valence-corrected chi connectivity index (χ1v) is 9.67. The van der Waals surface area contributed by atoms with Crippen molar-refractivity contribution in [1.29, 1.82) is 0 Å². The highest BCUT2D eigenvalue weighted by Gasteiger charge is 2.14. The number of esters is 1. The molecule has 1 aromatic heterocycles. The van der Waals surface area contributed by atoms with E-state index in [9.17, 15) is 9.59 Å². The zero-order valence-corrected chi connectivity index (χ0v) is 16.8. The summed E-state index contributed by atoms with van der Waals surface area (Å²) in [6, 6.07) is 13.2. The van der Waals surface area contributed by atoms with Crippen molar-refractivity contribution >= 4 is 49.4 Å². The summed E-state index contributed by atoms with van der Waals surface area (Å²) in [6.07, 6.45) is 0.910. The summed E-state index contributed by atoms with van der Waals surface area (Å²) in [5.41, 5.74) is 2.52.